The lowest BCUT2D eigenvalue weighted by molar-refractivity contribution is -0.122. The predicted molar refractivity (Wildman–Crippen MR) is 140 cm³/mol. The van der Waals surface area contributed by atoms with Crippen molar-refractivity contribution in [1.29, 1.82) is 0 Å². The minimum Gasteiger partial charge on any atom is -0.380 e. The monoisotopic (exact) mass is 531 g/mol. The van der Waals surface area contributed by atoms with Gasteiger partial charge >= 0.3 is 0 Å². The van der Waals surface area contributed by atoms with Crippen LogP contribution in [0.2, 0.25) is 0 Å². The van der Waals surface area contributed by atoms with Crippen LogP contribution in [0.4, 0.5) is 5.69 Å². The van der Waals surface area contributed by atoms with Crippen molar-refractivity contribution < 1.29 is 4.79 Å². The summed E-state index contributed by atoms with van der Waals surface area (Å²) >= 11 is 3.44. The largest absolute Gasteiger partial charge is 0.380 e. The molecule has 0 radical (unpaired) electrons. The molecule has 1 aliphatic carbocycles. The number of amides is 1. The van der Waals surface area contributed by atoms with Crippen LogP contribution in [0.25, 0.3) is 0 Å². The van der Waals surface area contributed by atoms with Crippen LogP contribution in [-0.4, -0.2) is 26.7 Å². The average Bonchev–Trinajstić information content (AvgIpc) is 2.80. The summed E-state index contributed by atoms with van der Waals surface area (Å²) in [6.07, 6.45) is 4.42. The molecule has 2 heterocycles. The van der Waals surface area contributed by atoms with Gasteiger partial charge in [-0.25, -0.2) is 4.68 Å². The first-order chi connectivity index (χ1) is 15.9. The predicted octanol–water partition coefficient (Wildman–Crippen LogP) is 4.96. The lowest BCUT2D eigenvalue weighted by atomic mass is 9.58. The molecule has 8 heteroatoms. The van der Waals surface area contributed by atoms with Gasteiger partial charge in [-0.2, -0.15) is 5.10 Å². The maximum atomic E-state index is 12.9. The Labute approximate surface area is 211 Å². The highest BCUT2D eigenvalue weighted by Gasteiger charge is 2.43. The van der Waals surface area contributed by atoms with E-state index in [2.05, 4.69) is 85.1 Å². The SMILES string of the molecule is CC(C)c1cc(CNC(=O)Cn2ncc(N[C@@H]3C[C@H](C)C(C)(C)[C@H](C)[C@H]3C)c(Br)c2=O)ccn1. The fraction of sp³-hybridized carbons (Fsp3) is 0.615. The molecule has 4 atom stereocenters. The molecular formula is C26H38BrN5O2. The van der Waals surface area contributed by atoms with E-state index in [4.69, 9.17) is 0 Å². The lowest BCUT2D eigenvalue weighted by Gasteiger charge is -2.50. The standard InChI is InChI=1S/C26H38BrN5O2/c1-15(2)20-11-19(8-9-28-20)12-29-23(33)14-32-25(34)24(27)22(13-30-32)31-21-10-16(3)26(6,7)18(5)17(21)4/h8-9,11,13,15-18,21,31H,10,12,14H2,1-7H3,(H,29,33)/t16-,17+,18+,21+/m0/s1. The molecule has 0 unspecified atom stereocenters. The van der Waals surface area contributed by atoms with Crippen molar-refractivity contribution in [3.8, 4) is 0 Å². The van der Waals surface area contributed by atoms with E-state index in [-0.39, 0.29) is 29.5 Å². The van der Waals surface area contributed by atoms with E-state index < -0.39 is 0 Å². The number of hydrogen-bond donors (Lipinski definition) is 2. The van der Waals surface area contributed by atoms with Crippen LogP contribution in [0.5, 0.6) is 0 Å². The third-order valence-electron chi connectivity index (χ3n) is 8.02. The Morgan fingerprint density at radius 3 is 2.68 bits per heavy atom. The van der Waals surface area contributed by atoms with Crippen LogP contribution in [0.15, 0.2) is 33.8 Å². The van der Waals surface area contributed by atoms with Gasteiger partial charge in [0.15, 0.2) is 0 Å². The Kier molecular flexibility index (Phi) is 8.22. The number of rotatable bonds is 7. The molecule has 1 aliphatic rings. The summed E-state index contributed by atoms with van der Waals surface area (Å²) in [5.74, 6) is 1.61. The highest BCUT2D eigenvalue weighted by Crippen LogP contribution is 2.48. The van der Waals surface area contributed by atoms with E-state index in [1.165, 1.54) is 4.68 Å². The maximum absolute atomic E-state index is 12.9. The highest BCUT2D eigenvalue weighted by atomic mass is 79.9. The second kappa shape index (κ2) is 10.6. The van der Waals surface area contributed by atoms with Crippen molar-refractivity contribution in [1.82, 2.24) is 20.1 Å². The fourth-order valence-corrected chi connectivity index (χ4v) is 5.18. The lowest BCUT2D eigenvalue weighted by Crippen LogP contribution is -2.48. The molecule has 1 amide bonds. The van der Waals surface area contributed by atoms with Gasteiger partial charge in [0.05, 0.1) is 11.9 Å². The number of aromatic nitrogens is 3. The number of nitrogens with zero attached hydrogens (tertiary/aromatic N) is 3. The van der Waals surface area contributed by atoms with Crippen LogP contribution in [-0.2, 0) is 17.9 Å². The molecule has 3 rings (SSSR count). The van der Waals surface area contributed by atoms with Gasteiger partial charge in [0.2, 0.25) is 5.91 Å². The molecule has 0 aliphatic heterocycles. The number of anilines is 1. The van der Waals surface area contributed by atoms with Crippen LogP contribution >= 0.6 is 15.9 Å². The van der Waals surface area contributed by atoms with E-state index in [0.29, 0.717) is 40.4 Å². The molecule has 2 N–H and O–H groups in total. The summed E-state index contributed by atoms with van der Waals surface area (Å²) in [4.78, 5) is 29.7. The number of carbonyl (C=O) groups excluding carboxylic acids is 1. The summed E-state index contributed by atoms with van der Waals surface area (Å²) in [6, 6.07) is 4.12. The molecule has 0 aromatic carbocycles. The van der Waals surface area contributed by atoms with Crippen LogP contribution in [0.3, 0.4) is 0 Å². The molecule has 1 fully saturated rings. The Hall–Kier alpha value is -2.22. The van der Waals surface area contributed by atoms with Gasteiger partial charge in [-0.05, 0) is 69.1 Å². The summed E-state index contributed by atoms with van der Waals surface area (Å²) in [5, 5.41) is 10.7. The van der Waals surface area contributed by atoms with Crippen molar-refractivity contribution in [3.05, 3.63) is 50.6 Å². The average molecular weight is 533 g/mol. The van der Waals surface area contributed by atoms with Crippen LogP contribution < -0.4 is 16.2 Å². The van der Waals surface area contributed by atoms with Gasteiger partial charge in [-0.1, -0.05) is 48.5 Å². The molecule has 7 nitrogen and oxygen atoms in total. The van der Waals surface area contributed by atoms with Gasteiger partial charge in [-0.3, -0.25) is 14.6 Å². The molecule has 2 aromatic rings. The van der Waals surface area contributed by atoms with Gasteiger partial charge in [-0.15, -0.1) is 0 Å². The first-order valence-corrected chi connectivity index (χ1v) is 12.9. The topological polar surface area (TPSA) is 88.9 Å². The normalized spacial score (nSPS) is 24.1. The Morgan fingerprint density at radius 1 is 1.29 bits per heavy atom. The minimum absolute atomic E-state index is 0.137. The molecule has 0 bridgehead atoms. The molecule has 2 aromatic heterocycles. The van der Waals surface area contributed by atoms with E-state index in [1.807, 2.05) is 12.1 Å². The number of pyridine rings is 1. The second-order valence-electron chi connectivity index (χ2n) is 10.7. The zero-order valence-electron chi connectivity index (χ0n) is 21.4. The van der Waals surface area contributed by atoms with Crippen LogP contribution in [0.1, 0.15) is 72.1 Å². The van der Waals surface area contributed by atoms with Crippen molar-refractivity contribution >= 4 is 27.5 Å². The third kappa shape index (κ3) is 5.70. The molecule has 0 saturated heterocycles. The first-order valence-electron chi connectivity index (χ1n) is 12.2. The molecule has 186 valence electrons. The van der Waals surface area contributed by atoms with Gasteiger partial charge in [0.1, 0.15) is 11.0 Å². The summed E-state index contributed by atoms with van der Waals surface area (Å²) < 4.78 is 1.60. The van der Waals surface area contributed by atoms with E-state index in [1.54, 1.807) is 12.4 Å². The van der Waals surface area contributed by atoms with E-state index in [0.717, 1.165) is 17.7 Å². The Bertz CT molecular complexity index is 1080. The van der Waals surface area contributed by atoms with Crippen molar-refractivity contribution in [2.45, 2.75) is 79.9 Å². The maximum Gasteiger partial charge on any atom is 0.283 e. The highest BCUT2D eigenvalue weighted by molar-refractivity contribution is 9.10. The van der Waals surface area contributed by atoms with E-state index >= 15 is 0 Å². The van der Waals surface area contributed by atoms with Crippen LogP contribution in [0, 0.1) is 23.2 Å². The molecule has 34 heavy (non-hydrogen) atoms. The molecule has 0 spiro atoms. The minimum atomic E-state index is -0.323. The number of hydrogen-bond acceptors (Lipinski definition) is 5. The quantitative estimate of drug-likeness (QED) is 0.526. The summed E-state index contributed by atoms with van der Waals surface area (Å²) in [7, 11) is 0. The Balaban J connectivity index is 1.65. The molecular weight excluding hydrogens is 494 g/mol. The van der Waals surface area contributed by atoms with Gasteiger partial charge in [0, 0.05) is 24.5 Å². The first kappa shape index (κ1) is 26.4. The summed E-state index contributed by atoms with van der Waals surface area (Å²) in [5.41, 5.74) is 2.58. The summed E-state index contributed by atoms with van der Waals surface area (Å²) in [6.45, 7) is 16.0. The second-order valence-corrected chi connectivity index (χ2v) is 11.5. The van der Waals surface area contributed by atoms with Crippen molar-refractivity contribution in [2.24, 2.45) is 23.2 Å². The fourth-order valence-electron chi connectivity index (χ4n) is 4.76. The van der Waals surface area contributed by atoms with Crippen molar-refractivity contribution in [2.75, 3.05) is 5.32 Å². The number of halogens is 1. The Morgan fingerprint density at radius 2 is 2.00 bits per heavy atom. The van der Waals surface area contributed by atoms with E-state index in [9.17, 15) is 9.59 Å². The number of nitrogens with one attached hydrogen (secondary N) is 2. The zero-order chi connectivity index (χ0) is 25.2. The van der Waals surface area contributed by atoms with Gasteiger partial charge < -0.3 is 10.6 Å². The third-order valence-corrected chi connectivity index (χ3v) is 8.79. The smallest absolute Gasteiger partial charge is 0.283 e. The zero-order valence-corrected chi connectivity index (χ0v) is 22.9. The molecule has 1 saturated carbocycles. The number of carbonyl (C=O) groups is 1. The van der Waals surface area contributed by atoms with Crippen molar-refractivity contribution in [3.63, 3.8) is 0 Å². The van der Waals surface area contributed by atoms with Gasteiger partial charge in [0.25, 0.3) is 5.56 Å².